The van der Waals surface area contributed by atoms with Crippen LogP contribution in [0.2, 0.25) is 0 Å². The molecule has 0 fully saturated rings. The van der Waals surface area contributed by atoms with Gasteiger partial charge in [-0.15, -0.1) is 0 Å². The molecule has 0 unspecified atom stereocenters. The highest BCUT2D eigenvalue weighted by molar-refractivity contribution is 5.90. The van der Waals surface area contributed by atoms with Crippen LogP contribution >= 0.6 is 0 Å². The Hall–Kier alpha value is -2.20. The number of hydrogen-bond acceptors (Lipinski definition) is 6. The summed E-state index contributed by atoms with van der Waals surface area (Å²) in [6, 6.07) is -2.48. The Morgan fingerprint density at radius 2 is 1.63 bits per heavy atom. The van der Waals surface area contributed by atoms with Gasteiger partial charge in [0.15, 0.2) is 0 Å². The third-order valence-electron chi connectivity index (χ3n) is 4.00. The van der Waals surface area contributed by atoms with Gasteiger partial charge in [0, 0.05) is 13.0 Å². The van der Waals surface area contributed by atoms with Crippen LogP contribution in [0.4, 0.5) is 0 Å². The van der Waals surface area contributed by atoms with Crippen molar-refractivity contribution in [3.8, 4) is 0 Å². The molecule has 0 aromatic rings. The summed E-state index contributed by atoms with van der Waals surface area (Å²) in [6.07, 6.45) is 1.50. The first-order chi connectivity index (χ1) is 12.6. The summed E-state index contributed by atoms with van der Waals surface area (Å²) in [5.41, 5.74) is 11.1. The van der Waals surface area contributed by atoms with Crippen molar-refractivity contribution < 1.29 is 24.3 Å². The number of aliphatic carboxylic acids is 1. The van der Waals surface area contributed by atoms with Gasteiger partial charge in [0.25, 0.3) is 0 Å². The van der Waals surface area contributed by atoms with Crippen LogP contribution in [-0.2, 0) is 19.2 Å². The lowest BCUT2D eigenvalue weighted by Gasteiger charge is -2.19. The van der Waals surface area contributed by atoms with E-state index in [0.717, 1.165) is 0 Å². The van der Waals surface area contributed by atoms with Gasteiger partial charge >= 0.3 is 5.97 Å². The predicted octanol–water partition coefficient (Wildman–Crippen LogP) is -1.32. The SMILES string of the molecule is CC(C)[C@H](N)C(=O)N[C@@H](C)C(=O)NCCC(=O)N[C@@H](CCCCN)C(=O)O. The minimum Gasteiger partial charge on any atom is -0.480 e. The van der Waals surface area contributed by atoms with Crippen molar-refractivity contribution in [2.75, 3.05) is 13.1 Å². The van der Waals surface area contributed by atoms with E-state index >= 15 is 0 Å². The fourth-order valence-electron chi connectivity index (χ4n) is 2.15. The molecule has 0 aliphatic heterocycles. The normalized spacial score (nSPS) is 14.1. The number of carbonyl (C=O) groups is 4. The van der Waals surface area contributed by atoms with Crippen LogP contribution < -0.4 is 27.4 Å². The Balaban J connectivity index is 4.25. The van der Waals surface area contributed by atoms with Crippen LogP contribution in [0.1, 0.15) is 46.5 Å². The topological polar surface area (TPSA) is 177 Å². The second-order valence-electron chi connectivity index (χ2n) is 6.78. The second kappa shape index (κ2) is 13.0. The predicted molar refractivity (Wildman–Crippen MR) is 101 cm³/mol. The number of amides is 3. The summed E-state index contributed by atoms with van der Waals surface area (Å²) >= 11 is 0. The molecule has 0 radical (unpaired) electrons. The van der Waals surface area contributed by atoms with Gasteiger partial charge in [-0.2, -0.15) is 0 Å². The maximum atomic E-state index is 12.0. The molecule has 0 aliphatic rings. The van der Waals surface area contributed by atoms with Crippen LogP contribution in [0, 0.1) is 5.92 Å². The Morgan fingerprint density at radius 3 is 2.15 bits per heavy atom. The number of nitrogens with two attached hydrogens (primary N) is 2. The van der Waals surface area contributed by atoms with Crippen LogP contribution in [0.15, 0.2) is 0 Å². The van der Waals surface area contributed by atoms with Gasteiger partial charge in [-0.1, -0.05) is 13.8 Å². The van der Waals surface area contributed by atoms with Crippen molar-refractivity contribution >= 4 is 23.7 Å². The first-order valence-corrected chi connectivity index (χ1v) is 9.16. The lowest BCUT2D eigenvalue weighted by Crippen LogP contribution is -2.52. The second-order valence-corrected chi connectivity index (χ2v) is 6.78. The van der Waals surface area contributed by atoms with E-state index in [1.807, 2.05) is 0 Å². The van der Waals surface area contributed by atoms with E-state index in [1.165, 1.54) is 6.92 Å². The molecule has 0 spiro atoms. The first kappa shape index (κ1) is 24.8. The number of nitrogens with one attached hydrogen (secondary N) is 3. The number of hydrogen-bond donors (Lipinski definition) is 6. The summed E-state index contributed by atoms with van der Waals surface area (Å²) in [7, 11) is 0. The molecule has 156 valence electrons. The van der Waals surface area contributed by atoms with Gasteiger partial charge in [-0.3, -0.25) is 14.4 Å². The minimum atomic E-state index is -1.11. The molecule has 0 aliphatic carbocycles. The molecule has 0 aromatic carbocycles. The Bertz CT molecular complexity index is 512. The Morgan fingerprint density at radius 1 is 1.00 bits per heavy atom. The number of unbranched alkanes of at least 4 members (excludes halogenated alkanes) is 1. The number of rotatable bonds is 13. The molecule has 27 heavy (non-hydrogen) atoms. The minimum absolute atomic E-state index is 0.0241. The first-order valence-electron chi connectivity index (χ1n) is 9.16. The third-order valence-corrected chi connectivity index (χ3v) is 4.00. The van der Waals surface area contributed by atoms with Gasteiger partial charge in [-0.05, 0) is 38.6 Å². The van der Waals surface area contributed by atoms with Crippen molar-refractivity contribution in [1.29, 1.82) is 0 Å². The van der Waals surface area contributed by atoms with E-state index in [1.54, 1.807) is 13.8 Å². The molecule has 10 nitrogen and oxygen atoms in total. The molecule has 0 heterocycles. The van der Waals surface area contributed by atoms with Crippen molar-refractivity contribution in [1.82, 2.24) is 16.0 Å². The van der Waals surface area contributed by atoms with Crippen molar-refractivity contribution in [3.05, 3.63) is 0 Å². The quantitative estimate of drug-likeness (QED) is 0.212. The summed E-state index contributed by atoms with van der Waals surface area (Å²) in [6.45, 7) is 5.60. The van der Waals surface area contributed by atoms with E-state index in [0.29, 0.717) is 25.8 Å². The molecule has 0 aromatic heterocycles. The number of carboxylic acid groups (broad SMARTS) is 1. The summed E-state index contributed by atoms with van der Waals surface area (Å²) in [4.78, 5) is 46.8. The van der Waals surface area contributed by atoms with Gasteiger partial charge in [0.1, 0.15) is 12.1 Å². The largest absolute Gasteiger partial charge is 0.480 e. The van der Waals surface area contributed by atoms with Crippen LogP contribution in [0.5, 0.6) is 0 Å². The highest BCUT2D eigenvalue weighted by Gasteiger charge is 2.22. The molecular formula is C17H33N5O5. The summed E-state index contributed by atoms with van der Waals surface area (Å²) < 4.78 is 0. The molecule has 3 amide bonds. The smallest absolute Gasteiger partial charge is 0.326 e. The lowest BCUT2D eigenvalue weighted by molar-refractivity contribution is -0.142. The van der Waals surface area contributed by atoms with Crippen molar-refractivity contribution in [3.63, 3.8) is 0 Å². The fourth-order valence-corrected chi connectivity index (χ4v) is 2.15. The molecule has 8 N–H and O–H groups in total. The van der Waals surface area contributed by atoms with E-state index in [2.05, 4.69) is 16.0 Å². The van der Waals surface area contributed by atoms with E-state index in [-0.39, 0.29) is 18.9 Å². The van der Waals surface area contributed by atoms with Crippen LogP contribution in [0.3, 0.4) is 0 Å². The van der Waals surface area contributed by atoms with Crippen molar-refractivity contribution in [2.24, 2.45) is 17.4 Å². The molecule has 0 saturated carbocycles. The molecule has 0 rings (SSSR count). The molecule has 0 bridgehead atoms. The van der Waals surface area contributed by atoms with Gasteiger partial charge in [-0.25, -0.2) is 4.79 Å². The van der Waals surface area contributed by atoms with Gasteiger partial charge in [0.05, 0.1) is 6.04 Å². The molecular weight excluding hydrogens is 354 g/mol. The maximum Gasteiger partial charge on any atom is 0.326 e. The number of carboxylic acids is 1. The van der Waals surface area contributed by atoms with Crippen molar-refractivity contribution in [2.45, 2.75) is 64.6 Å². The molecule has 0 saturated heterocycles. The standard InChI is InChI=1S/C17H33N5O5/c1-10(2)14(19)16(25)21-11(3)15(24)20-9-7-13(23)22-12(17(26)27)6-4-5-8-18/h10-12,14H,4-9,18-19H2,1-3H3,(H,20,24)(H,21,25)(H,22,23)(H,26,27)/t11-,12-,14-/m0/s1. The zero-order valence-corrected chi connectivity index (χ0v) is 16.3. The Labute approximate surface area is 159 Å². The lowest BCUT2D eigenvalue weighted by atomic mass is 10.0. The monoisotopic (exact) mass is 387 g/mol. The van der Waals surface area contributed by atoms with Crippen LogP contribution in [0.25, 0.3) is 0 Å². The van der Waals surface area contributed by atoms with Crippen LogP contribution in [-0.4, -0.2) is 60.0 Å². The average molecular weight is 387 g/mol. The summed E-state index contributed by atoms with van der Waals surface area (Å²) in [5, 5.41) is 16.6. The van der Waals surface area contributed by atoms with E-state index in [9.17, 15) is 19.2 Å². The van der Waals surface area contributed by atoms with Gasteiger partial charge in [0.2, 0.25) is 17.7 Å². The highest BCUT2D eigenvalue weighted by atomic mass is 16.4. The fraction of sp³-hybridized carbons (Fsp3) is 0.765. The molecule has 3 atom stereocenters. The highest BCUT2D eigenvalue weighted by Crippen LogP contribution is 2.01. The van der Waals surface area contributed by atoms with Gasteiger partial charge < -0.3 is 32.5 Å². The average Bonchev–Trinajstić information content (AvgIpc) is 2.59. The van der Waals surface area contributed by atoms with E-state index < -0.39 is 41.8 Å². The molecule has 10 heteroatoms. The zero-order chi connectivity index (χ0) is 21.0. The third kappa shape index (κ3) is 10.5. The Kier molecular flexibility index (Phi) is 12.0. The zero-order valence-electron chi connectivity index (χ0n) is 16.3. The number of carbonyl (C=O) groups excluding carboxylic acids is 3. The maximum absolute atomic E-state index is 12.0. The van der Waals surface area contributed by atoms with E-state index in [4.69, 9.17) is 16.6 Å². The summed E-state index contributed by atoms with van der Waals surface area (Å²) in [5.74, 6) is -2.52.